The molecule has 1 saturated heterocycles. The van der Waals surface area contributed by atoms with Crippen LogP contribution in [0.15, 0.2) is 52.5 Å². The highest BCUT2D eigenvalue weighted by Crippen LogP contribution is 2.38. The van der Waals surface area contributed by atoms with E-state index in [4.69, 9.17) is 9.73 Å². The molecular formula is C27H33N3O2S. The smallest absolute Gasteiger partial charge is 0.267 e. The number of aromatic nitrogens is 1. The number of methoxy groups -OCH3 is 1. The molecule has 5 nitrogen and oxygen atoms in total. The van der Waals surface area contributed by atoms with Crippen LogP contribution in [0, 0.1) is 0 Å². The van der Waals surface area contributed by atoms with Crippen LogP contribution in [0.25, 0.3) is 11.8 Å². The van der Waals surface area contributed by atoms with E-state index in [1.165, 1.54) is 38.5 Å². The predicted octanol–water partition coefficient (Wildman–Crippen LogP) is 6.42. The maximum absolute atomic E-state index is 13.6. The van der Waals surface area contributed by atoms with Gasteiger partial charge >= 0.3 is 0 Å². The molecule has 1 aromatic heterocycles. The maximum Gasteiger partial charge on any atom is 0.267 e. The molecule has 5 rings (SSSR count). The maximum atomic E-state index is 13.6. The SMILES string of the molecule is COc1ccc(-n2cccc2C=C2SC(=NC3CCCCC3)N(C3CCCCC3)C2=O)cc1. The lowest BCUT2D eigenvalue weighted by molar-refractivity contribution is -0.124. The van der Waals surface area contributed by atoms with Crippen molar-refractivity contribution in [1.82, 2.24) is 9.47 Å². The Bertz CT molecular complexity index is 1030. The van der Waals surface area contributed by atoms with E-state index < -0.39 is 0 Å². The first kappa shape index (κ1) is 22.3. The van der Waals surface area contributed by atoms with Crippen LogP contribution < -0.4 is 4.74 Å². The Morgan fingerprint density at radius 3 is 2.36 bits per heavy atom. The Labute approximate surface area is 200 Å². The fourth-order valence-electron chi connectivity index (χ4n) is 5.23. The molecule has 2 aromatic rings. The van der Waals surface area contributed by atoms with Gasteiger partial charge in [-0.3, -0.25) is 14.7 Å². The Kier molecular flexibility index (Phi) is 6.91. The summed E-state index contributed by atoms with van der Waals surface area (Å²) in [5, 5.41) is 0.938. The van der Waals surface area contributed by atoms with Crippen LogP contribution in [0.3, 0.4) is 0 Å². The predicted molar refractivity (Wildman–Crippen MR) is 136 cm³/mol. The first-order valence-corrected chi connectivity index (χ1v) is 13.2. The molecule has 2 saturated carbocycles. The van der Waals surface area contributed by atoms with Crippen LogP contribution in [0.2, 0.25) is 0 Å². The van der Waals surface area contributed by atoms with E-state index in [1.807, 2.05) is 47.5 Å². The molecule has 0 radical (unpaired) electrons. The lowest BCUT2D eigenvalue weighted by atomic mass is 9.94. The topological polar surface area (TPSA) is 46.8 Å². The number of hydrogen-bond acceptors (Lipinski definition) is 4. The zero-order valence-corrected chi connectivity index (χ0v) is 20.2. The van der Waals surface area contributed by atoms with Crippen molar-refractivity contribution in [3.05, 3.63) is 53.2 Å². The van der Waals surface area contributed by atoms with E-state index >= 15 is 0 Å². The fourth-order valence-corrected chi connectivity index (χ4v) is 6.32. The standard InChI is InChI=1S/C27H33N3O2S/c1-32-24-16-14-21(15-17-24)29-18-8-13-23(29)19-25-26(31)30(22-11-6-3-7-12-22)27(33-25)28-20-9-4-2-5-10-20/h8,13-20,22H,2-7,9-12H2,1H3. The van der Waals surface area contributed by atoms with Crippen molar-refractivity contribution in [2.45, 2.75) is 76.3 Å². The lowest BCUT2D eigenvalue weighted by Crippen LogP contribution is -2.41. The van der Waals surface area contributed by atoms with Gasteiger partial charge in [0.15, 0.2) is 5.17 Å². The van der Waals surface area contributed by atoms with Crippen molar-refractivity contribution in [2.24, 2.45) is 4.99 Å². The van der Waals surface area contributed by atoms with Gasteiger partial charge in [-0.15, -0.1) is 0 Å². The van der Waals surface area contributed by atoms with Crippen LogP contribution in [-0.4, -0.2) is 39.7 Å². The molecule has 2 aliphatic carbocycles. The Hall–Kier alpha value is -2.47. The molecule has 1 aromatic carbocycles. The molecule has 0 unspecified atom stereocenters. The lowest BCUT2D eigenvalue weighted by Gasteiger charge is -2.31. The zero-order valence-electron chi connectivity index (χ0n) is 19.4. The van der Waals surface area contributed by atoms with Crippen molar-refractivity contribution in [2.75, 3.05) is 7.11 Å². The average Bonchev–Trinajstić information content (AvgIpc) is 3.45. The van der Waals surface area contributed by atoms with Crippen molar-refractivity contribution in [3.63, 3.8) is 0 Å². The van der Waals surface area contributed by atoms with E-state index in [0.717, 1.165) is 52.9 Å². The molecule has 3 aliphatic rings. The van der Waals surface area contributed by atoms with Gasteiger partial charge in [-0.2, -0.15) is 0 Å². The van der Waals surface area contributed by atoms with Gasteiger partial charge in [0.25, 0.3) is 5.91 Å². The van der Waals surface area contributed by atoms with Crippen molar-refractivity contribution >= 4 is 28.9 Å². The van der Waals surface area contributed by atoms with Crippen LogP contribution in [0.4, 0.5) is 0 Å². The molecule has 6 heteroatoms. The molecule has 1 amide bonds. The minimum atomic E-state index is 0.129. The summed E-state index contributed by atoms with van der Waals surface area (Å²) in [7, 11) is 1.67. The molecular weight excluding hydrogens is 430 g/mol. The van der Waals surface area contributed by atoms with E-state index in [0.29, 0.717) is 12.1 Å². The summed E-state index contributed by atoms with van der Waals surface area (Å²) >= 11 is 1.58. The first-order chi connectivity index (χ1) is 16.2. The number of benzene rings is 1. The van der Waals surface area contributed by atoms with Crippen LogP contribution in [0.5, 0.6) is 5.75 Å². The first-order valence-electron chi connectivity index (χ1n) is 12.4. The summed E-state index contributed by atoms with van der Waals surface area (Å²) in [5.41, 5.74) is 2.04. The van der Waals surface area contributed by atoms with E-state index in [-0.39, 0.29) is 5.91 Å². The molecule has 3 fully saturated rings. The molecule has 0 N–H and O–H groups in total. The van der Waals surface area contributed by atoms with Gasteiger partial charge in [0.1, 0.15) is 5.75 Å². The Morgan fingerprint density at radius 2 is 1.67 bits per heavy atom. The number of amides is 1. The minimum absolute atomic E-state index is 0.129. The second-order valence-corrected chi connectivity index (χ2v) is 10.3. The van der Waals surface area contributed by atoms with Crippen molar-refractivity contribution in [3.8, 4) is 11.4 Å². The summed E-state index contributed by atoms with van der Waals surface area (Å²) in [6.45, 7) is 0. The largest absolute Gasteiger partial charge is 0.497 e. The number of nitrogens with zero attached hydrogens (tertiary/aromatic N) is 3. The number of hydrogen-bond donors (Lipinski definition) is 0. The van der Waals surface area contributed by atoms with Gasteiger partial charge in [-0.05, 0) is 79.9 Å². The summed E-state index contributed by atoms with van der Waals surface area (Å²) < 4.78 is 7.41. The summed E-state index contributed by atoms with van der Waals surface area (Å²) in [5.74, 6) is 0.961. The molecule has 0 atom stereocenters. The van der Waals surface area contributed by atoms with Gasteiger partial charge in [-0.1, -0.05) is 38.5 Å². The molecule has 2 heterocycles. The minimum Gasteiger partial charge on any atom is -0.497 e. The summed E-state index contributed by atoms with van der Waals surface area (Å²) in [6.07, 6.45) is 16.0. The van der Waals surface area contributed by atoms with Crippen LogP contribution in [0.1, 0.15) is 69.9 Å². The highest BCUT2D eigenvalue weighted by atomic mass is 32.2. The third kappa shape index (κ3) is 4.91. The molecule has 0 bridgehead atoms. The Morgan fingerprint density at radius 1 is 0.970 bits per heavy atom. The number of thioether (sulfide) groups is 1. The monoisotopic (exact) mass is 463 g/mol. The molecule has 1 aliphatic heterocycles. The number of carbonyl (C=O) groups is 1. The number of amidine groups is 1. The number of aliphatic imine (C=N–C) groups is 1. The van der Waals surface area contributed by atoms with Gasteiger partial charge < -0.3 is 9.30 Å². The van der Waals surface area contributed by atoms with Gasteiger partial charge in [0.2, 0.25) is 0 Å². The summed E-state index contributed by atoms with van der Waals surface area (Å²) in [6, 6.07) is 12.7. The summed E-state index contributed by atoms with van der Waals surface area (Å²) in [4.78, 5) is 21.6. The van der Waals surface area contributed by atoms with Crippen molar-refractivity contribution < 1.29 is 9.53 Å². The highest BCUT2D eigenvalue weighted by Gasteiger charge is 2.39. The molecule has 174 valence electrons. The second-order valence-electron chi connectivity index (χ2n) is 9.28. The van der Waals surface area contributed by atoms with E-state index in [1.54, 1.807) is 18.9 Å². The quantitative estimate of drug-likeness (QED) is 0.481. The zero-order chi connectivity index (χ0) is 22.6. The van der Waals surface area contributed by atoms with E-state index in [9.17, 15) is 4.79 Å². The van der Waals surface area contributed by atoms with Gasteiger partial charge in [0.05, 0.1) is 18.1 Å². The number of ether oxygens (including phenoxy) is 1. The average molecular weight is 464 g/mol. The van der Waals surface area contributed by atoms with Gasteiger partial charge in [-0.25, -0.2) is 0 Å². The van der Waals surface area contributed by atoms with Crippen LogP contribution in [-0.2, 0) is 4.79 Å². The third-order valence-corrected chi connectivity index (χ3v) is 8.05. The second kappa shape index (κ2) is 10.2. The number of carbonyl (C=O) groups excluding carboxylic acids is 1. The fraction of sp³-hybridized carbons (Fsp3) is 0.481. The third-order valence-electron chi connectivity index (χ3n) is 7.05. The highest BCUT2D eigenvalue weighted by molar-refractivity contribution is 8.18. The van der Waals surface area contributed by atoms with Crippen molar-refractivity contribution in [1.29, 1.82) is 0 Å². The molecule has 33 heavy (non-hydrogen) atoms. The Balaban J connectivity index is 1.45. The van der Waals surface area contributed by atoms with Gasteiger partial charge in [0, 0.05) is 23.6 Å². The van der Waals surface area contributed by atoms with Crippen LogP contribution >= 0.6 is 11.8 Å². The normalized spacial score (nSPS) is 23.1. The molecule has 0 spiro atoms. The van der Waals surface area contributed by atoms with E-state index in [2.05, 4.69) is 10.6 Å². The number of rotatable bonds is 5.